The lowest BCUT2D eigenvalue weighted by molar-refractivity contribution is -0.130. The van der Waals surface area contributed by atoms with Gasteiger partial charge in [0, 0.05) is 58.2 Å². The maximum absolute atomic E-state index is 11.5. The van der Waals surface area contributed by atoms with Crippen molar-refractivity contribution < 1.29 is 23.9 Å². The Kier molecular flexibility index (Phi) is 7.95. The predicted molar refractivity (Wildman–Crippen MR) is 113 cm³/mol. The first-order chi connectivity index (χ1) is 15.1. The average Bonchev–Trinajstić information content (AvgIpc) is 3.21. The molecule has 0 radical (unpaired) electrons. The number of carbonyl (C=O) groups is 1. The van der Waals surface area contributed by atoms with E-state index in [1.54, 1.807) is 6.92 Å². The van der Waals surface area contributed by atoms with Crippen molar-refractivity contribution in [2.45, 2.75) is 69.9 Å². The zero-order chi connectivity index (χ0) is 21.6. The minimum absolute atomic E-state index is 0.0381. The molecular formula is C22H36N4O5. The number of nitrogens with zero attached hydrogens (tertiary/aromatic N) is 3. The Balaban J connectivity index is 1.21. The summed E-state index contributed by atoms with van der Waals surface area (Å²) < 4.78 is 17.1. The van der Waals surface area contributed by atoms with Crippen molar-refractivity contribution in [2.24, 2.45) is 0 Å². The number of aliphatic hydroxyl groups is 1. The van der Waals surface area contributed by atoms with Gasteiger partial charge >= 0.3 is 0 Å². The number of aromatic nitrogens is 1. The highest BCUT2D eigenvalue weighted by molar-refractivity contribution is 5.73. The molecule has 3 fully saturated rings. The third-order valence-corrected chi connectivity index (χ3v) is 6.66. The number of likely N-dealkylation sites (tertiary alicyclic amines) is 1. The van der Waals surface area contributed by atoms with Crippen LogP contribution in [0.4, 0.5) is 0 Å². The van der Waals surface area contributed by atoms with Gasteiger partial charge in [-0.15, -0.1) is 0 Å². The molecule has 4 rings (SSSR count). The number of piperidine rings is 1. The molecule has 1 aromatic rings. The molecule has 0 aromatic carbocycles. The molecule has 3 atom stereocenters. The van der Waals surface area contributed by atoms with E-state index < -0.39 is 6.10 Å². The molecule has 3 aliphatic heterocycles. The van der Waals surface area contributed by atoms with Gasteiger partial charge in [-0.1, -0.05) is 5.16 Å². The monoisotopic (exact) mass is 436 g/mol. The van der Waals surface area contributed by atoms with Crippen LogP contribution in [0.5, 0.6) is 0 Å². The summed E-state index contributed by atoms with van der Waals surface area (Å²) in [7, 11) is 0. The minimum Gasteiger partial charge on any atom is -0.390 e. The second-order valence-electron chi connectivity index (χ2n) is 9.01. The second kappa shape index (κ2) is 10.9. The number of aliphatic hydroxyl groups excluding tert-OH is 1. The van der Waals surface area contributed by atoms with Crippen LogP contribution in [0.15, 0.2) is 10.6 Å². The quantitative estimate of drug-likeness (QED) is 0.640. The lowest BCUT2D eigenvalue weighted by atomic mass is 9.97. The minimum atomic E-state index is -0.449. The summed E-state index contributed by atoms with van der Waals surface area (Å²) in [5.74, 6) is 1.02. The highest BCUT2D eigenvalue weighted by Crippen LogP contribution is 2.23. The van der Waals surface area contributed by atoms with Crippen LogP contribution in [0, 0.1) is 0 Å². The van der Waals surface area contributed by atoms with Crippen LogP contribution in [0.25, 0.3) is 0 Å². The van der Waals surface area contributed by atoms with E-state index in [4.69, 9.17) is 14.0 Å². The Hall–Kier alpha value is -1.52. The highest BCUT2D eigenvalue weighted by Gasteiger charge is 2.31. The van der Waals surface area contributed by atoms with Gasteiger partial charge in [0.2, 0.25) is 5.91 Å². The molecule has 31 heavy (non-hydrogen) atoms. The Morgan fingerprint density at radius 1 is 1.19 bits per heavy atom. The van der Waals surface area contributed by atoms with E-state index >= 15 is 0 Å². The van der Waals surface area contributed by atoms with Crippen LogP contribution in [0.2, 0.25) is 0 Å². The number of hydrogen-bond donors (Lipinski definition) is 2. The molecule has 0 saturated carbocycles. The van der Waals surface area contributed by atoms with Crippen LogP contribution in [0.3, 0.4) is 0 Å². The molecular weight excluding hydrogens is 400 g/mol. The van der Waals surface area contributed by atoms with E-state index in [1.165, 1.54) is 0 Å². The zero-order valence-electron chi connectivity index (χ0n) is 18.5. The molecule has 0 aliphatic carbocycles. The van der Waals surface area contributed by atoms with Crippen molar-refractivity contribution >= 4 is 5.91 Å². The summed E-state index contributed by atoms with van der Waals surface area (Å²) in [5, 5.41) is 18.2. The first-order valence-corrected chi connectivity index (χ1v) is 11.6. The van der Waals surface area contributed by atoms with E-state index in [0.29, 0.717) is 19.0 Å². The lowest BCUT2D eigenvalue weighted by Crippen LogP contribution is -2.50. The van der Waals surface area contributed by atoms with Gasteiger partial charge in [-0.05, 0) is 25.7 Å². The number of carbonyl (C=O) groups excluding carboxylic acids is 1. The standard InChI is InChI=1S/C22H36N4O5/c1-16(27)26-6-4-17(5-7-26)23-14-22-21(28)3-2-19(30-22)12-18-13-20(31-24-18)15-25-8-10-29-11-9-25/h13,17,19,21-23,28H,2-12,14-15H2,1H3/t19-,21-,22+/m0/s1. The number of ether oxygens (including phenoxy) is 2. The van der Waals surface area contributed by atoms with Gasteiger partial charge in [-0.2, -0.15) is 0 Å². The van der Waals surface area contributed by atoms with Crippen LogP contribution in [-0.4, -0.2) is 96.3 Å². The largest absolute Gasteiger partial charge is 0.390 e. The van der Waals surface area contributed by atoms with E-state index in [1.807, 2.05) is 11.0 Å². The number of rotatable bonds is 7. The Labute approximate surface area is 184 Å². The molecule has 1 amide bonds. The highest BCUT2D eigenvalue weighted by atomic mass is 16.5. The zero-order valence-corrected chi connectivity index (χ0v) is 18.5. The summed E-state index contributed by atoms with van der Waals surface area (Å²) >= 11 is 0. The molecule has 174 valence electrons. The SMILES string of the molecule is CC(=O)N1CCC(NC[C@H]2O[C@H](Cc3cc(CN4CCOCC4)on3)CC[C@@H]2O)CC1. The Morgan fingerprint density at radius 2 is 1.97 bits per heavy atom. The van der Waals surface area contributed by atoms with Crippen molar-refractivity contribution in [3.63, 3.8) is 0 Å². The summed E-state index contributed by atoms with van der Waals surface area (Å²) in [6.07, 6.45) is 3.51. The number of hydrogen-bond acceptors (Lipinski definition) is 8. The Morgan fingerprint density at radius 3 is 2.71 bits per heavy atom. The van der Waals surface area contributed by atoms with Gasteiger partial charge in [0.1, 0.15) is 0 Å². The first-order valence-electron chi connectivity index (χ1n) is 11.6. The molecule has 3 saturated heterocycles. The summed E-state index contributed by atoms with van der Waals surface area (Å²) in [4.78, 5) is 15.7. The van der Waals surface area contributed by atoms with E-state index in [9.17, 15) is 9.90 Å². The molecule has 9 heteroatoms. The van der Waals surface area contributed by atoms with Crippen molar-refractivity contribution in [1.82, 2.24) is 20.3 Å². The summed E-state index contributed by atoms with van der Waals surface area (Å²) in [5.41, 5.74) is 0.910. The summed E-state index contributed by atoms with van der Waals surface area (Å²) in [6.45, 7) is 7.98. The average molecular weight is 437 g/mol. The van der Waals surface area contributed by atoms with Crippen molar-refractivity contribution in [2.75, 3.05) is 45.9 Å². The number of morpholine rings is 1. The van der Waals surface area contributed by atoms with E-state index in [0.717, 1.165) is 83.1 Å². The third kappa shape index (κ3) is 6.49. The normalized spacial score (nSPS) is 28.7. The third-order valence-electron chi connectivity index (χ3n) is 6.66. The number of amides is 1. The molecule has 0 spiro atoms. The van der Waals surface area contributed by atoms with Crippen LogP contribution in [0.1, 0.15) is 44.1 Å². The molecule has 0 bridgehead atoms. The molecule has 4 heterocycles. The smallest absolute Gasteiger partial charge is 0.219 e. The van der Waals surface area contributed by atoms with Crippen molar-refractivity contribution in [1.29, 1.82) is 0 Å². The van der Waals surface area contributed by atoms with Crippen LogP contribution < -0.4 is 5.32 Å². The fourth-order valence-electron chi connectivity index (χ4n) is 4.70. The van der Waals surface area contributed by atoms with Gasteiger partial charge < -0.3 is 29.3 Å². The molecule has 9 nitrogen and oxygen atoms in total. The topological polar surface area (TPSA) is 100 Å². The van der Waals surface area contributed by atoms with Gasteiger partial charge in [0.05, 0.1) is 43.8 Å². The Bertz CT molecular complexity index is 700. The first kappa shape index (κ1) is 22.7. The molecule has 0 unspecified atom stereocenters. The second-order valence-corrected chi connectivity index (χ2v) is 9.01. The maximum Gasteiger partial charge on any atom is 0.219 e. The molecule has 1 aromatic heterocycles. The number of nitrogens with one attached hydrogen (secondary N) is 1. The molecule has 2 N–H and O–H groups in total. The van der Waals surface area contributed by atoms with Gasteiger partial charge in [0.15, 0.2) is 5.76 Å². The van der Waals surface area contributed by atoms with Gasteiger partial charge in [-0.3, -0.25) is 9.69 Å². The predicted octanol–water partition coefficient (Wildman–Crippen LogP) is 0.558. The molecule has 3 aliphatic rings. The fourth-order valence-corrected chi connectivity index (χ4v) is 4.70. The maximum atomic E-state index is 11.5. The van der Waals surface area contributed by atoms with Crippen molar-refractivity contribution in [3.05, 3.63) is 17.5 Å². The fraction of sp³-hybridized carbons (Fsp3) is 0.818. The van der Waals surface area contributed by atoms with E-state index in [2.05, 4.69) is 15.4 Å². The van der Waals surface area contributed by atoms with E-state index in [-0.39, 0.29) is 18.1 Å². The van der Waals surface area contributed by atoms with Gasteiger partial charge in [0.25, 0.3) is 0 Å². The lowest BCUT2D eigenvalue weighted by Gasteiger charge is -2.36. The van der Waals surface area contributed by atoms with Crippen molar-refractivity contribution in [3.8, 4) is 0 Å². The van der Waals surface area contributed by atoms with Gasteiger partial charge in [-0.25, -0.2) is 0 Å². The van der Waals surface area contributed by atoms with Crippen LogP contribution in [-0.2, 0) is 27.2 Å². The van der Waals surface area contributed by atoms with Crippen LogP contribution >= 0.6 is 0 Å². The summed E-state index contributed by atoms with van der Waals surface area (Å²) in [6, 6.07) is 2.39.